The number of thiophene rings is 1. The van der Waals surface area contributed by atoms with Gasteiger partial charge in [-0.15, -0.1) is 23.1 Å². The fraction of sp³-hybridized carbons (Fsp3) is 0.381. The molecule has 4 rings (SSSR count). The summed E-state index contributed by atoms with van der Waals surface area (Å²) in [5.41, 5.74) is 1.94. The van der Waals surface area contributed by atoms with Crippen LogP contribution in [0.3, 0.4) is 0 Å². The lowest BCUT2D eigenvalue weighted by Crippen LogP contribution is -2.34. The van der Waals surface area contributed by atoms with E-state index in [4.69, 9.17) is 0 Å². The Morgan fingerprint density at radius 3 is 2.86 bits per heavy atom. The van der Waals surface area contributed by atoms with Crippen molar-refractivity contribution in [2.45, 2.75) is 42.5 Å². The number of amides is 1. The summed E-state index contributed by atoms with van der Waals surface area (Å²) in [6, 6.07) is 8.08. The lowest BCUT2D eigenvalue weighted by Gasteiger charge is -2.22. The second kappa shape index (κ2) is 8.16. The average molecular weight is 446 g/mol. The van der Waals surface area contributed by atoms with Crippen LogP contribution < -0.4 is 10.5 Å². The molecule has 3 heterocycles. The number of aromatic nitrogens is 2. The van der Waals surface area contributed by atoms with Crippen LogP contribution >= 0.6 is 34.9 Å². The first-order valence-electron chi connectivity index (χ1n) is 9.52. The van der Waals surface area contributed by atoms with E-state index in [9.17, 15) is 9.59 Å². The molecule has 1 aliphatic heterocycles. The maximum absolute atomic E-state index is 13.1. The van der Waals surface area contributed by atoms with Crippen molar-refractivity contribution in [2.24, 2.45) is 7.05 Å². The van der Waals surface area contributed by atoms with Crippen LogP contribution in [0.15, 0.2) is 39.1 Å². The van der Waals surface area contributed by atoms with E-state index in [0.29, 0.717) is 22.3 Å². The minimum absolute atomic E-state index is 0.0443. The topological polar surface area (TPSA) is 55.2 Å². The van der Waals surface area contributed by atoms with Gasteiger partial charge in [0.15, 0.2) is 5.16 Å². The highest BCUT2D eigenvalue weighted by molar-refractivity contribution is 8.00. The Bertz CT molecular complexity index is 1150. The molecule has 2 aromatic heterocycles. The molecule has 0 N–H and O–H groups in total. The lowest BCUT2D eigenvalue weighted by atomic mass is 10.2. The number of nitrogens with zero attached hydrogens (tertiary/aromatic N) is 3. The van der Waals surface area contributed by atoms with Crippen LogP contribution in [0.2, 0.25) is 0 Å². The smallest absolute Gasteiger partial charge is 0.262 e. The number of para-hydroxylation sites is 1. The van der Waals surface area contributed by atoms with E-state index in [1.807, 2.05) is 48.7 Å². The molecule has 1 atom stereocenters. The third-order valence-electron chi connectivity index (χ3n) is 5.24. The molecule has 152 valence electrons. The van der Waals surface area contributed by atoms with Crippen LogP contribution in [0.5, 0.6) is 0 Å². The molecule has 1 amide bonds. The highest BCUT2D eigenvalue weighted by Gasteiger charge is 2.24. The Balaban J connectivity index is 1.59. The van der Waals surface area contributed by atoms with Gasteiger partial charge in [-0.1, -0.05) is 30.8 Å². The Morgan fingerprint density at radius 2 is 2.07 bits per heavy atom. The van der Waals surface area contributed by atoms with Crippen molar-refractivity contribution in [1.29, 1.82) is 0 Å². The van der Waals surface area contributed by atoms with E-state index in [2.05, 4.69) is 18.0 Å². The van der Waals surface area contributed by atoms with Crippen molar-refractivity contribution in [3.05, 3.63) is 45.1 Å². The number of fused-ring (bicyclic) bond motifs is 2. The Kier molecular flexibility index (Phi) is 5.77. The highest BCUT2D eigenvalue weighted by atomic mass is 32.2. The van der Waals surface area contributed by atoms with Gasteiger partial charge in [-0.25, -0.2) is 4.98 Å². The standard InChI is InChI=1S/C21H23N3O2S3/c1-12-9-10-24(15-7-5-6-8-16(15)28-12)17(25)11-27-21-22-19-18(20(26)23(21)4)13(2)14(3)29-19/h5-8,12H,9-11H2,1-4H3. The van der Waals surface area contributed by atoms with Crippen LogP contribution in [-0.2, 0) is 11.8 Å². The summed E-state index contributed by atoms with van der Waals surface area (Å²) in [5.74, 6) is 0.299. The summed E-state index contributed by atoms with van der Waals surface area (Å²) < 4.78 is 1.56. The molecule has 5 nitrogen and oxygen atoms in total. The molecular weight excluding hydrogens is 422 g/mol. The summed E-state index contributed by atoms with van der Waals surface area (Å²) in [6.07, 6.45) is 0.951. The normalized spacial score (nSPS) is 16.7. The number of benzene rings is 1. The number of rotatable bonds is 3. The number of thioether (sulfide) groups is 2. The molecule has 0 bridgehead atoms. The first-order chi connectivity index (χ1) is 13.9. The molecule has 1 aliphatic rings. The molecule has 0 radical (unpaired) electrons. The Hall–Kier alpha value is -1.77. The van der Waals surface area contributed by atoms with Crippen molar-refractivity contribution in [3.63, 3.8) is 0 Å². The van der Waals surface area contributed by atoms with Gasteiger partial charge in [-0.05, 0) is 38.0 Å². The molecule has 8 heteroatoms. The predicted octanol–water partition coefficient (Wildman–Crippen LogP) is 4.62. The van der Waals surface area contributed by atoms with Crippen molar-refractivity contribution in [2.75, 3.05) is 17.2 Å². The van der Waals surface area contributed by atoms with Gasteiger partial charge in [0.05, 0.1) is 16.8 Å². The maximum atomic E-state index is 13.1. The van der Waals surface area contributed by atoms with E-state index in [-0.39, 0.29) is 17.2 Å². The molecule has 0 spiro atoms. The van der Waals surface area contributed by atoms with E-state index in [1.165, 1.54) is 23.1 Å². The van der Waals surface area contributed by atoms with E-state index < -0.39 is 0 Å². The summed E-state index contributed by atoms with van der Waals surface area (Å²) in [7, 11) is 1.73. The molecule has 1 aromatic carbocycles. The van der Waals surface area contributed by atoms with Crippen LogP contribution in [0.25, 0.3) is 10.2 Å². The molecule has 1 unspecified atom stereocenters. The molecular formula is C21H23N3O2S3. The van der Waals surface area contributed by atoms with E-state index >= 15 is 0 Å². The van der Waals surface area contributed by atoms with Gasteiger partial charge in [0.2, 0.25) is 5.91 Å². The third-order valence-corrected chi connectivity index (χ3v) is 8.59. The number of hydrogen-bond acceptors (Lipinski definition) is 6. The average Bonchev–Trinajstić information content (AvgIpc) is 2.87. The Morgan fingerprint density at radius 1 is 1.31 bits per heavy atom. The maximum Gasteiger partial charge on any atom is 0.262 e. The number of carbonyl (C=O) groups excluding carboxylic acids is 1. The van der Waals surface area contributed by atoms with Gasteiger partial charge in [0.25, 0.3) is 5.56 Å². The SMILES string of the molecule is Cc1sc2nc(SCC(=O)N3CCC(C)Sc4ccccc43)n(C)c(=O)c2c1C. The van der Waals surface area contributed by atoms with E-state index in [0.717, 1.165) is 32.3 Å². The number of anilines is 1. The Labute approximate surface area is 182 Å². The molecule has 29 heavy (non-hydrogen) atoms. The predicted molar refractivity (Wildman–Crippen MR) is 124 cm³/mol. The summed E-state index contributed by atoms with van der Waals surface area (Å²) >= 11 is 4.69. The van der Waals surface area contributed by atoms with Gasteiger partial charge in [0, 0.05) is 28.6 Å². The third kappa shape index (κ3) is 3.85. The fourth-order valence-corrected chi connectivity index (χ4v) is 6.47. The first-order valence-corrected chi connectivity index (χ1v) is 12.2. The zero-order valence-corrected chi connectivity index (χ0v) is 19.3. The number of aryl methyl sites for hydroxylation is 2. The van der Waals surface area contributed by atoms with Crippen molar-refractivity contribution >= 4 is 56.7 Å². The van der Waals surface area contributed by atoms with Crippen LogP contribution in [-0.4, -0.2) is 33.0 Å². The molecule has 3 aromatic rings. The van der Waals surface area contributed by atoms with E-state index in [1.54, 1.807) is 11.6 Å². The lowest BCUT2D eigenvalue weighted by molar-refractivity contribution is -0.116. The quantitative estimate of drug-likeness (QED) is 0.435. The van der Waals surface area contributed by atoms with Gasteiger partial charge in [0.1, 0.15) is 4.83 Å². The zero-order valence-electron chi connectivity index (χ0n) is 16.9. The first kappa shape index (κ1) is 20.5. The summed E-state index contributed by atoms with van der Waals surface area (Å²) in [6.45, 7) is 6.88. The van der Waals surface area contributed by atoms with Crippen LogP contribution in [0, 0.1) is 13.8 Å². The van der Waals surface area contributed by atoms with Crippen LogP contribution in [0.4, 0.5) is 5.69 Å². The zero-order chi connectivity index (χ0) is 20.7. The second-order valence-corrected chi connectivity index (χ2v) is 10.9. The molecule has 0 saturated heterocycles. The minimum Gasteiger partial charge on any atom is -0.311 e. The summed E-state index contributed by atoms with van der Waals surface area (Å²) in [5, 5.41) is 1.75. The van der Waals surface area contributed by atoms with Gasteiger partial charge < -0.3 is 4.90 Å². The van der Waals surface area contributed by atoms with Gasteiger partial charge in [-0.2, -0.15) is 0 Å². The van der Waals surface area contributed by atoms with Crippen molar-refractivity contribution < 1.29 is 4.79 Å². The van der Waals surface area contributed by atoms with Gasteiger partial charge >= 0.3 is 0 Å². The largest absolute Gasteiger partial charge is 0.311 e. The van der Waals surface area contributed by atoms with Crippen molar-refractivity contribution in [1.82, 2.24) is 9.55 Å². The van der Waals surface area contributed by atoms with Gasteiger partial charge in [-0.3, -0.25) is 14.2 Å². The number of carbonyl (C=O) groups is 1. The fourth-order valence-electron chi connectivity index (χ4n) is 3.44. The molecule has 0 fully saturated rings. The van der Waals surface area contributed by atoms with Crippen LogP contribution in [0.1, 0.15) is 23.8 Å². The van der Waals surface area contributed by atoms with Crippen molar-refractivity contribution in [3.8, 4) is 0 Å². The second-order valence-electron chi connectivity index (χ2n) is 7.24. The summed E-state index contributed by atoms with van der Waals surface area (Å²) in [4.78, 5) is 35.5. The highest BCUT2D eigenvalue weighted by Crippen LogP contribution is 2.37. The monoisotopic (exact) mass is 445 g/mol. The number of hydrogen-bond donors (Lipinski definition) is 0. The minimum atomic E-state index is -0.0443. The molecule has 0 saturated carbocycles. The molecule has 0 aliphatic carbocycles.